The van der Waals surface area contributed by atoms with Crippen LogP contribution in [0.1, 0.15) is 26.3 Å². The standard InChI is InChI=1S/C31H34N4O9S2/c1-34(2)19-8-10-21(18(12-19)16-36)26-27(22-11-9-20(35(3)4)15-25(22)44-5)33-29(32-26)17-13-23(30(38)45(6,40)41)28(37)24(14-17)31(39)46(7,42)43/h8-15,36-37H,16H2,1-7H3,(H,32,33). The SMILES string of the molecule is COc1cc(N(C)C)ccc1-c1nc(-c2cc(C(=O)S(C)(=O)=O)c(O)c(C(=O)S(C)(=O)=O)c2)[nH]c1-c1ccc(N(C)C)cc1CO. The van der Waals surface area contributed by atoms with E-state index in [9.17, 15) is 36.6 Å². The number of sulfone groups is 2. The molecule has 0 aliphatic rings. The van der Waals surface area contributed by atoms with Gasteiger partial charge in [-0.25, -0.2) is 21.8 Å². The first-order valence-corrected chi connectivity index (χ1v) is 17.4. The quantitative estimate of drug-likeness (QED) is 0.237. The number of hydrogen-bond acceptors (Lipinski definition) is 12. The molecule has 1 aromatic heterocycles. The molecule has 0 bridgehead atoms. The highest BCUT2D eigenvalue weighted by molar-refractivity contribution is 8.06. The van der Waals surface area contributed by atoms with E-state index in [-0.39, 0.29) is 18.0 Å². The Kier molecular flexibility index (Phi) is 9.34. The van der Waals surface area contributed by atoms with E-state index < -0.39 is 46.8 Å². The number of H-pyrrole nitrogens is 1. The average molecular weight is 671 g/mol. The number of phenolic OH excluding ortho intramolecular Hbond substituents is 1. The molecule has 0 aliphatic carbocycles. The Morgan fingerprint density at radius 3 is 1.78 bits per heavy atom. The minimum atomic E-state index is -4.43. The number of aromatic hydroxyl groups is 1. The van der Waals surface area contributed by atoms with E-state index in [0.717, 1.165) is 23.5 Å². The predicted octanol–water partition coefficient (Wildman–Crippen LogP) is 3.12. The molecule has 1 heterocycles. The molecule has 0 amide bonds. The molecule has 0 aliphatic heterocycles. The van der Waals surface area contributed by atoms with Gasteiger partial charge in [0.05, 0.1) is 30.5 Å². The number of benzene rings is 3. The number of ether oxygens (including phenoxy) is 1. The average Bonchev–Trinajstić information content (AvgIpc) is 3.43. The van der Waals surface area contributed by atoms with Gasteiger partial charge in [-0.05, 0) is 42.0 Å². The Hall–Kier alpha value is -4.73. The predicted molar refractivity (Wildman–Crippen MR) is 176 cm³/mol. The van der Waals surface area contributed by atoms with Gasteiger partial charge in [-0.15, -0.1) is 0 Å². The third-order valence-electron chi connectivity index (χ3n) is 7.20. The van der Waals surface area contributed by atoms with Crippen molar-refractivity contribution in [3.8, 4) is 45.4 Å². The largest absolute Gasteiger partial charge is 0.506 e. The van der Waals surface area contributed by atoms with Gasteiger partial charge in [0.25, 0.3) is 10.2 Å². The second-order valence-corrected chi connectivity index (χ2v) is 14.9. The second kappa shape index (κ2) is 12.6. The molecule has 0 spiro atoms. The number of aliphatic hydroxyl groups is 1. The van der Waals surface area contributed by atoms with Gasteiger partial charge in [-0.1, -0.05) is 6.07 Å². The first-order chi connectivity index (χ1) is 21.4. The molecule has 3 N–H and O–H groups in total. The smallest absolute Gasteiger partial charge is 0.280 e. The molecule has 244 valence electrons. The van der Waals surface area contributed by atoms with Crippen molar-refractivity contribution >= 4 is 41.3 Å². The summed E-state index contributed by atoms with van der Waals surface area (Å²) in [7, 11) is 0.0604. The molecule has 15 heteroatoms. The van der Waals surface area contributed by atoms with Gasteiger partial charge in [0.1, 0.15) is 23.0 Å². The fourth-order valence-electron chi connectivity index (χ4n) is 4.77. The van der Waals surface area contributed by atoms with Crippen LogP contribution in [0, 0.1) is 0 Å². The number of imidazole rings is 1. The Bertz CT molecular complexity index is 1940. The normalized spacial score (nSPS) is 11.7. The number of carbonyl (C=O) groups excluding carboxylic acids is 2. The van der Waals surface area contributed by atoms with Crippen molar-refractivity contribution in [1.29, 1.82) is 0 Å². The maximum atomic E-state index is 12.9. The summed E-state index contributed by atoms with van der Waals surface area (Å²) >= 11 is 0. The van der Waals surface area contributed by atoms with E-state index in [0.29, 0.717) is 46.3 Å². The molecule has 0 atom stereocenters. The lowest BCUT2D eigenvalue weighted by Gasteiger charge is -2.17. The van der Waals surface area contributed by atoms with Crippen molar-refractivity contribution in [3.05, 3.63) is 65.2 Å². The van der Waals surface area contributed by atoms with Gasteiger partial charge in [0.15, 0.2) is 0 Å². The van der Waals surface area contributed by atoms with Crippen LogP contribution >= 0.6 is 0 Å². The molecule has 0 radical (unpaired) electrons. The van der Waals surface area contributed by atoms with Gasteiger partial charge < -0.3 is 29.7 Å². The van der Waals surface area contributed by atoms with Crippen LogP contribution in [0.4, 0.5) is 11.4 Å². The van der Waals surface area contributed by atoms with Crippen molar-refractivity contribution in [2.45, 2.75) is 6.61 Å². The molecule has 46 heavy (non-hydrogen) atoms. The molecule has 0 saturated heterocycles. The van der Waals surface area contributed by atoms with E-state index in [2.05, 4.69) is 4.98 Å². The Morgan fingerprint density at radius 1 is 0.826 bits per heavy atom. The van der Waals surface area contributed by atoms with Gasteiger partial charge in [-0.2, -0.15) is 0 Å². The Morgan fingerprint density at radius 2 is 1.33 bits per heavy atom. The van der Waals surface area contributed by atoms with E-state index in [1.807, 2.05) is 50.1 Å². The van der Waals surface area contributed by atoms with Gasteiger partial charge in [0.2, 0.25) is 19.7 Å². The number of nitrogens with zero attached hydrogens (tertiary/aromatic N) is 3. The van der Waals surface area contributed by atoms with Crippen molar-refractivity contribution in [2.24, 2.45) is 0 Å². The molecule has 0 unspecified atom stereocenters. The van der Waals surface area contributed by atoms with Crippen LogP contribution in [0.25, 0.3) is 33.9 Å². The molecule has 0 fully saturated rings. The monoisotopic (exact) mass is 670 g/mol. The van der Waals surface area contributed by atoms with Crippen LogP contribution in [0.5, 0.6) is 11.5 Å². The van der Waals surface area contributed by atoms with E-state index in [1.165, 1.54) is 7.11 Å². The van der Waals surface area contributed by atoms with E-state index in [1.54, 1.807) is 24.3 Å². The first kappa shape index (κ1) is 34.1. The minimum Gasteiger partial charge on any atom is -0.506 e. The van der Waals surface area contributed by atoms with Gasteiger partial charge in [-0.3, -0.25) is 9.59 Å². The summed E-state index contributed by atoms with van der Waals surface area (Å²) in [6, 6.07) is 12.8. The number of rotatable bonds is 9. The number of carbonyl (C=O) groups is 2. The molecular weight excluding hydrogens is 636 g/mol. The lowest BCUT2D eigenvalue weighted by molar-refractivity contribution is 0.107. The number of aliphatic hydroxyl groups excluding tert-OH is 1. The first-order valence-electron chi connectivity index (χ1n) is 13.6. The van der Waals surface area contributed by atoms with Crippen molar-refractivity contribution in [2.75, 3.05) is 57.6 Å². The number of aromatic nitrogens is 2. The zero-order chi connectivity index (χ0) is 34.3. The summed E-state index contributed by atoms with van der Waals surface area (Å²) in [5.41, 5.74) is 2.27. The molecule has 0 saturated carbocycles. The van der Waals surface area contributed by atoms with Gasteiger partial charge in [0, 0.05) is 74.8 Å². The second-order valence-electron chi connectivity index (χ2n) is 11.0. The minimum absolute atomic E-state index is 0.00517. The number of anilines is 2. The van der Waals surface area contributed by atoms with Crippen molar-refractivity contribution in [1.82, 2.24) is 9.97 Å². The summed E-state index contributed by atoms with van der Waals surface area (Å²) < 4.78 is 54.5. The van der Waals surface area contributed by atoms with Crippen LogP contribution in [-0.4, -0.2) is 95.1 Å². The van der Waals surface area contributed by atoms with Crippen LogP contribution in [-0.2, 0) is 26.3 Å². The maximum absolute atomic E-state index is 12.9. The van der Waals surface area contributed by atoms with Crippen LogP contribution < -0.4 is 14.5 Å². The molecule has 3 aromatic carbocycles. The summed E-state index contributed by atoms with van der Waals surface area (Å²) in [6.45, 7) is -0.346. The lowest BCUT2D eigenvalue weighted by atomic mass is 9.99. The number of phenols is 1. The van der Waals surface area contributed by atoms with Crippen LogP contribution in [0.15, 0.2) is 48.5 Å². The number of methoxy groups -OCH3 is 1. The molecule has 4 aromatic rings. The Balaban J connectivity index is 2.11. The third-order valence-corrected chi connectivity index (χ3v) is 8.99. The highest BCUT2D eigenvalue weighted by Gasteiger charge is 2.31. The third kappa shape index (κ3) is 6.61. The fraction of sp³-hybridized carbons (Fsp3) is 0.258. The fourth-order valence-corrected chi connectivity index (χ4v) is 5.88. The zero-order valence-electron chi connectivity index (χ0n) is 26.2. The van der Waals surface area contributed by atoms with E-state index >= 15 is 0 Å². The summed E-state index contributed by atoms with van der Waals surface area (Å²) in [4.78, 5) is 37.4. The molecular formula is C31H34N4O9S2. The summed E-state index contributed by atoms with van der Waals surface area (Å²) in [5.74, 6) is -0.661. The number of hydrogen-bond donors (Lipinski definition) is 3. The summed E-state index contributed by atoms with van der Waals surface area (Å²) in [5, 5.41) is 18.1. The molecule has 4 rings (SSSR count). The topological polar surface area (TPSA) is 187 Å². The lowest BCUT2D eigenvalue weighted by Crippen LogP contribution is -2.17. The van der Waals surface area contributed by atoms with Crippen LogP contribution in [0.3, 0.4) is 0 Å². The maximum Gasteiger partial charge on any atom is 0.280 e. The summed E-state index contributed by atoms with van der Waals surface area (Å²) in [6.07, 6.45) is 1.25. The zero-order valence-corrected chi connectivity index (χ0v) is 27.9. The van der Waals surface area contributed by atoms with E-state index in [4.69, 9.17) is 9.72 Å². The van der Waals surface area contributed by atoms with Crippen molar-refractivity contribution in [3.63, 3.8) is 0 Å². The Labute approximate surface area is 266 Å². The molecule has 13 nitrogen and oxygen atoms in total. The van der Waals surface area contributed by atoms with Crippen LogP contribution in [0.2, 0.25) is 0 Å². The highest BCUT2D eigenvalue weighted by Crippen LogP contribution is 2.42. The number of nitrogens with one attached hydrogen (secondary N) is 1. The van der Waals surface area contributed by atoms with Gasteiger partial charge >= 0.3 is 0 Å². The number of aromatic amines is 1. The van der Waals surface area contributed by atoms with Crippen molar-refractivity contribution < 1.29 is 41.4 Å². The highest BCUT2D eigenvalue weighted by atomic mass is 32.2.